The summed E-state index contributed by atoms with van der Waals surface area (Å²) in [5.41, 5.74) is 9.81. The van der Waals surface area contributed by atoms with Gasteiger partial charge >= 0.3 is 0 Å². The average molecular weight is 336 g/mol. The van der Waals surface area contributed by atoms with Gasteiger partial charge in [-0.2, -0.15) is 0 Å². The number of nitrogens with two attached hydrogens (primary N) is 1. The lowest BCUT2D eigenvalue weighted by Crippen LogP contribution is -2.32. The minimum atomic E-state index is -0.214. The maximum absolute atomic E-state index is 6.51. The lowest BCUT2D eigenvalue weighted by atomic mass is 10.0. The summed E-state index contributed by atoms with van der Waals surface area (Å²) in [5.74, 6) is 1.57. The lowest BCUT2D eigenvalue weighted by Gasteiger charge is -2.32. The van der Waals surface area contributed by atoms with Crippen LogP contribution in [-0.4, -0.2) is 13.2 Å². The SMILES string of the molecule is COc1ccc(N2C=Cc3ccccc3C2N)cc1OC1CCCC1. The number of hydrogen-bond acceptors (Lipinski definition) is 4. The fourth-order valence-corrected chi connectivity index (χ4v) is 3.69. The van der Waals surface area contributed by atoms with Gasteiger partial charge in [-0.3, -0.25) is 0 Å². The molecule has 4 rings (SSSR count). The van der Waals surface area contributed by atoms with Gasteiger partial charge in [0.25, 0.3) is 0 Å². The quantitative estimate of drug-likeness (QED) is 0.895. The molecule has 1 aliphatic carbocycles. The predicted octanol–water partition coefficient (Wildman–Crippen LogP) is 4.46. The van der Waals surface area contributed by atoms with Crippen molar-refractivity contribution in [3.63, 3.8) is 0 Å². The standard InChI is InChI=1S/C21H24N2O2/c1-24-19-11-10-16(14-20(19)25-17-7-3-4-8-17)23-13-12-15-6-2-5-9-18(15)21(23)22/h2,5-6,9-14,17,21H,3-4,7-8,22H2,1H3. The minimum absolute atomic E-state index is 0.214. The second kappa shape index (κ2) is 6.81. The van der Waals surface area contributed by atoms with Crippen molar-refractivity contribution in [2.24, 2.45) is 5.73 Å². The van der Waals surface area contributed by atoms with Gasteiger partial charge in [0.15, 0.2) is 11.5 Å². The zero-order valence-corrected chi connectivity index (χ0v) is 14.5. The van der Waals surface area contributed by atoms with Crippen molar-refractivity contribution in [2.75, 3.05) is 12.0 Å². The van der Waals surface area contributed by atoms with Crippen LogP contribution in [0.2, 0.25) is 0 Å². The molecule has 1 fully saturated rings. The van der Waals surface area contributed by atoms with E-state index in [1.54, 1.807) is 7.11 Å². The van der Waals surface area contributed by atoms with Crippen LogP contribution in [0.5, 0.6) is 11.5 Å². The molecule has 2 aliphatic rings. The molecule has 2 N–H and O–H groups in total. The fourth-order valence-electron chi connectivity index (χ4n) is 3.69. The number of hydrogen-bond donors (Lipinski definition) is 1. The Kier molecular flexibility index (Phi) is 4.36. The summed E-state index contributed by atoms with van der Waals surface area (Å²) in [6, 6.07) is 14.3. The highest BCUT2D eigenvalue weighted by Crippen LogP contribution is 2.38. The number of benzene rings is 2. The molecule has 0 aromatic heterocycles. The number of rotatable bonds is 4. The third-order valence-corrected chi connectivity index (χ3v) is 5.07. The molecule has 1 heterocycles. The largest absolute Gasteiger partial charge is 0.493 e. The smallest absolute Gasteiger partial charge is 0.163 e. The molecule has 1 unspecified atom stereocenters. The molecular weight excluding hydrogens is 312 g/mol. The Bertz CT molecular complexity index is 781. The van der Waals surface area contributed by atoms with Crippen LogP contribution in [0.25, 0.3) is 6.08 Å². The first-order valence-corrected chi connectivity index (χ1v) is 8.92. The number of methoxy groups -OCH3 is 1. The molecule has 1 aliphatic heterocycles. The Labute approximate surface area is 148 Å². The van der Waals surface area contributed by atoms with Crippen LogP contribution in [0.3, 0.4) is 0 Å². The molecule has 1 atom stereocenters. The molecule has 4 heteroatoms. The molecule has 0 bridgehead atoms. The van der Waals surface area contributed by atoms with E-state index in [1.807, 2.05) is 36.5 Å². The number of fused-ring (bicyclic) bond motifs is 1. The van der Waals surface area contributed by atoms with Gasteiger partial charge in [0, 0.05) is 18.0 Å². The van der Waals surface area contributed by atoms with Gasteiger partial charge in [-0.05, 0) is 55.0 Å². The third-order valence-electron chi connectivity index (χ3n) is 5.07. The summed E-state index contributed by atoms with van der Waals surface area (Å²) in [6.45, 7) is 0. The van der Waals surface area contributed by atoms with Gasteiger partial charge in [0.2, 0.25) is 0 Å². The third kappa shape index (κ3) is 3.10. The molecule has 0 radical (unpaired) electrons. The molecule has 4 nitrogen and oxygen atoms in total. The summed E-state index contributed by atoms with van der Waals surface area (Å²) in [6.07, 6.45) is 8.92. The Morgan fingerprint density at radius 1 is 1.04 bits per heavy atom. The maximum atomic E-state index is 6.51. The molecule has 0 spiro atoms. The monoisotopic (exact) mass is 336 g/mol. The normalized spacial score (nSPS) is 19.8. The Balaban J connectivity index is 1.64. The van der Waals surface area contributed by atoms with Crippen LogP contribution in [0.4, 0.5) is 5.69 Å². The maximum Gasteiger partial charge on any atom is 0.163 e. The number of anilines is 1. The molecule has 1 saturated carbocycles. The zero-order chi connectivity index (χ0) is 17.2. The first-order chi connectivity index (χ1) is 12.3. The highest BCUT2D eigenvalue weighted by Gasteiger charge is 2.23. The Morgan fingerprint density at radius 2 is 1.84 bits per heavy atom. The van der Waals surface area contributed by atoms with E-state index >= 15 is 0 Å². The summed E-state index contributed by atoms with van der Waals surface area (Å²) in [5, 5.41) is 0. The van der Waals surface area contributed by atoms with Crippen LogP contribution in [-0.2, 0) is 0 Å². The van der Waals surface area contributed by atoms with Crippen LogP contribution in [0.15, 0.2) is 48.7 Å². The van der Waals surface area contributed by atoms with E-state index in [4.69, 9.17) is 15.2 Å². The van der Waals surface area contributed by atoms with Gasteiger partial charge < -0.3 is 20.1 Å². The second-order valence-corrected chi connectivity index (χ2v) is 6.66. The molecule has 130 valence electrons. The lowest BCUT2D eigenvalue weighted by molar-refractivity contribution is 0.201. The topological polar surface area (TPSA) is 47.7 Å². The van der Waals surface area contributed by atoms with Crippen molar-refractivity contribution in [1.29, 1.82) is 0 Å². The van der Waals surface area contributed by atoms with E-state index in [1.165, 1.54) is 18.4 Å². The summed E-state index contributed by atoms with van der Waals surface area (Å²) in [4.78, 5) is 2.07. The van der Waals surface area contributed by atoms with Gasteiger partial charge in [0.05, 0.1) is 13.2 Å². The van der Waals surface area contributed by atoms with E-state index in [0.29, 0.717) is 0 Å². The average Bonchev–Trinajstić information content (AvgIpc) is 3.15. The van der Waals surface area contributed by atoms with Crippen molar-refractivity contribution in [1.82, 2.24) is 0 Å². The highest BCUT2D eigenvalue weighted by atomic mass is 16.5. The number of nitrogens with zero attached hydrogens (tertiary/aromatic N) is 1. The molecule has 25 heavy (non-hydrogen) atoms. The van der Waals surface area contributed by atoms with E-state index in [-0.39, 0.29) is 12.3 Å². The summed E-state index contributed by atoms with van der Waals surface area (Å²) in [7, 11) is 1.68. The molecule has 2 aromatic rings. The van der Waals surface area contributed by atoms with Crippen molar-refractivity contribution >= 4 is 11.8 Å². The van der Waals surface area contributed by atoms with Crippen LogP contribution in [0, 0.1) is 0 Å². The van der Waals surface area contributed by atoms with Gasteiger partial charge in [0.1, 0.15) is 6.17 Å². The number of ether oxygens (including phenoxy) is 2. The minimum Gasteiger partial charge on any atom is -0.493 e. The van der Waals surface area contributed by atoms with Crippen molar-refractivity contribution in [2.45, 2.75) is 38.0 Å². The van der Waals surface area contributed by atoms with Crippen LogP contribution in [0.1, 0.15) is 43.0 Å². The first kappa shape index (κ1) is 16.0. The van der Waals surface area contributed by atoms with E-state index < -0.39 is 0 Å². The van der Waals surface area contributed by atoms with E-state index in [9.17, 15) is 0 Å². The van der Waals surface area contributed by atoms with Crippen LogP contribution < -0.4 is 20.1 Å². The second-order valence-electron chi connectivity index (χ2n) is 6.66. The first-order valence-electron chi connectivity index (χ1n) is 8.92. The molecule has 2 aromatic carbocycles. The Hall–Kier alpha value is -2.46. The summed E-state index contributed by atoms with van der Waals surface area (Å²) >= 11 is 0. The van der Waals surface area contributed by atoms with E-state index in [0.717, 1.165) is 35.6 Å². The van der Waals surface area contributed by atoms with Crippen molar-refractivity contribution in [3.05, 3.63) is 59.8 Å². The van der Waals surface area contributed by atoms with Gasteiger partial charge in [-0.1, -0.05) is 24.3 Å². The van der Waals surface area contributed by atoms with Gasteiger partial charge in [-0.25, -0.2) is 0 Å². The predicted molar refractivity (Wildman–Crippen MR) is 101 cm³/mol. The molecule has 0 saturated heterocycles. The zero-order valence-electron chi connectivity index (χ0n) is 14.5. The van der Waals surface area contributed by atoms with Crippen molar-refractivity contribution < 1.29 is 9.47 Å². The van der Waals surface area contributed by atoms with Crippen molar-refractivity contribution in [3.8, 4) is 11.5 Å². The molecular formula is C21H24N2O2. The highest BCUT2D eigenvalue weighted by molar-refractivity contribution is 5.67. The Morgan fingerprint density at radius 3 is 2.64 bits per heavy atom. The van der Waals surface area contributed by atoms with E-state index in [2.05, 4.69) is 23.1 Å². The summed E-state index contributed by atoms with van der Waals surface area (Å²) < 4.78 is 11.7. The van der Waals surface area contributed by atoms with Crippen LogP contribution >= 0.6 is 0 Å². The fraction of sp³-hybridized carbons (Fsp3) is 0.333. The molecule has 0 amide bonds. The van der Waals surface area contributed by atoms with Gasteiger partial charge in [-0.15, -0.1) is 0 Å².